The summed E-state index contributed by atoms with van der Waals surface area (Å²) >= 11 is 0. The van der Waals surface area contributed by atoms with Crippen molar-refractivity contribution >= 4 is 22.0 Å². The molecule has 0 radical (unpaired) electrons. The molecule has 0 aliphatic rings. The van der Waals surface area contributed by atoms with Gasteiger partial charge in [-0.1, -0.05) is 30.3 Å². The number of hydrogen-bond donors (Lipinski definition) is 1. The van der Waals surface area contributed by atoms with Gasteiger partial charge in [0.05, 0.1) is 16.9 Å². The van der Waals surface area contributed by atoms with Crippen LogP contribution in [0.15, 0.2) is 42.5 Å². The number of benzene rings is 1. The summed E-state index contributed by atoms with van der Waals surface area (Å²) in [5.41, 5.74) is 0.654. The minimum absolute atomic E-state index is 0.221. The highest BCUT2D eigenvalue weighted by atomic mass is 32.2. The smallest absolute Gasteiger partial charge is 0.331 e. The molecule has 1 N–H and O–H groups in total. The zero-order valence-corrected chi connectivity index (χ0v) is 17.1. The Hall–Kier alpha value is -2.19. The molecule has 0 amide bonds. The molecule has 7 nitrogen and oxygen atoms in total. The molecular formula is C19H27NO6S. The SMILES string of the molecule is CC(C)OC(=O)/C=C/C(=O)OCC(NS(=O)(=O)C(C)(C)C)c1ccccc1. The third kappa shape index (κ3) is 7.92. The monoisotopic (exact) mass is 397 g/mol. The zero-order chi connectivity index (χ0) is 20.7. The third-order valence-corrected chi connectivity index (χ3v) is 5.61. The second-order valence-electron chi connectivity index (χ2n) is 7.15. The molecule has 0 aliphatic carbocycles. The average Bonchev–Trinajstić information content (AvgIpc) is 2.55. The van der Waals surface area contributed by atoms with Crippen LogP contribution >= 0.6 is 0 Å². The number of hydrogen-bond acceptors (Lipinski definition) is 6. The third-order valence-electron chi connectivity index (χ3n) is 3.41. The van der Waals surface area contributed by atoms with Crippen LogP contribution in [0.4, 0.5) is 0 Å². The van der Waals surface area contributed by atoms with E-state index in [1.54, 1.807) is 65.0 Å². The van der Waals surface area contributed by atoms with Gasteiger partial charge in [0.2, 0.25) is 10.0 Å². The predicted molar refractivity (Wildman–Crippen MR) is 102 cm³/mol. The molecule has 150 valence electrons. The molecule has 0 saturated carbocycles. The first-order chi connectivity index (χ1) is 12.4. The van der Waals surface area contributed by atoms with Gasteiger partial charge in [0.15, 0.2) is 0 Å². The van der Waals surface area contributed by atoms with Crippen molar-refractivity contribution in [3.05, 3.63) is 48.0 Å². The summed E-state index contributed by atoms with van der Waals surface area (Å²) in [6, 6.07) is 8.04. The molecule has 0 heterocycles. The largest absolute Gasteiger partial charge is 0.460 e. The summed E-state index contributed by atoms with van der Waals surface area (Å²) in [6.45, 7) is 7.89. The second kappa shape index (κ2) is 9.66. The van der Waals surface area contributed by atoms with E-state index in [0.29, 0.717) is 5.56 Å². The van der Waals surface area contributed by atoms with Crippen molar-refractivity contribution in [2.24, 2.45) is 0 Å². The number of esters is 2. The normalized spacial score (nSPS) is 13.6. The van der Waals surface area contributed by atoms with E-state index in [2.05, 4.69) is 4.72 Å². The standard InChI is InChI=1S/C19H27NO6S/c1-14(2)26-18(22)12-11-17(21)25-13-16(15-9-7-6-8-10-15)20-27(23,24)19(3,4)5/h6-12,14,16,20H,13H2,1-5H3/b12-11+. The Labute approximate surface area is 160 Å². The highest BCUT2D eigenvalue weighted by molar-refractivity contribution is 7.90. The van der Waals surface area contributed by atoms with Gasteiger partial charge in [-0.2, -0.15) is 0 Å². The summed E-state index contributed by atoms with van der Waals surface area (Å²) in [5.74, 6) is -1.43. The van der Waals surface area contributed by atoms with Gasteiger partial charge in [0.25, 0.3) is 0 Å². The van der Waals surface area contributed by atoms with Gasteiger partial charge in [-0.05, 0) is 40.2 Å². The quantitative estimate of drug-likeness (QED) is 0.534. The molecule has 27 heavy (non-hydrogen) atoms. The summed E-state index contributed by atoms with van der Waals surface area (Å²) in [7, 11) is -3.67. The molecular weight excluding hydrogens is 370 g/mol. The molecule has 0 spiro atoms. The van der Waals surface area contributed by atoms with E-state index in [4.69, 9.17) is 9.47 Å². The lowest BCUT2D eigenvalue weighted by Crippen LogP contribution is -2.42. The minimum Gasteiger partial charge on any atom is -0.460 e. The van der Waals surface area contributed by atoms with Crippen LogP contribution in [0.1, 0.15) is 46.2 Å². The number of rotatable bonds is 8. The van der Waals surface area contributed by atoms with E-state index in [0.717, 1.165) is 12.2 Å². The molecule has 1 aromatic rings. The zero-order valence-electron chi connectivity index (χ0n) is 16.3. The van der Waals surface area contributed by atoms with E-state index in [-0.39, 0.29) is 12.7 Å². The van der Waals surface area contributed by atoms with E-state index in [1.807, 2.05) is 0 Å². The van der Waals surface area contributed by atoms with Crippen molar-refractivity contribution in [2.45, 2.75) is 51.5 Å². The van der Waals surface area contributed by atoms with Crippen molar-refractivity contribution < 1.29 is 27.5 Å². The number of nitrogens with one attached hydrogen (secondary N) is 1. The Morgan fingerprint density at radius 3 is 2.15 bits per heavy atom. The van der Waals surface area contributed by atoms with Gasteiger partial charge in [-0.15, -0.1) is 0 Å². The second-order valence-corrected chi connectivity index (χ2v) is 9.61. The van der Waals surface area contributed by atoms with Crippen LogP contribution in [0.5, 0.6) is 0 Å². The average molecular weight is 397 g/mol. The maximum atomic E-state index is 12.5. The van der Waals surface area contributed by atoms with Crippen LogP contribution < -0.4 is 4.72 Å². The Morgan fingerprint density at radius 1 is 1.07 bits per heavy atom. The highest BCUT2D eigenvalue weighted by Gasteiger charge is 2.32. The van der Waals surface area contributed by atoms with Crippen LogP contribution in [0.2, 0.25) is 0 Å². The van der Waals surface area contributed by atoms with Gasteiger partial charge < -0.3 is 9.47 Å². The van der Waals surface area contributed by atoms with Gasteiger partial charge in [0, 0.05) is 12.2 Å². The maximum Gasteiger partial charge on any atom is 0.331 e. The summed E-state index contributed by atoms with van der Waals surface area (Å²) in [5, 5.41) is 0. The molecule has 0 aromatic heterocycles. The fraction of sp³-hybridized carbons (Fsp3) is 0.474. The lowest BCUT2D eigenvalue weighted by Gasteiger charge is -2.25. The van der Waals surface area contributed by atoms with E-state index < -0.39 is 32.8 Å². The molecule has 0 saturated heterocycles. The predicted octanol–water partition coefficient (Wildman–Crippen LogP) is 2.50. The van der Waals surface area contributed by atoms with E-state index in [9.17, 15) is 18.0 Å². The van der Waals surface area contributed by atoms with Crippen LogP contribution in [-0.4, -0.2) is 37.8 Å². The fourth-order valence-electron chi connectivity index (χ4n) is 1.87. The number of carbonyl (C=O) groups is 2. The van der Waals surface area contributed by atoms with E-state index in [1.165, 1.54) is 0 Å². The number of sulfonamides is 1. The summed E-state index contributed by atoms with van der Waals surface area (Å²) in [6.07, 6.45) is 1.62. The fourth-order valence-corrected chi connectivity index (χ4v) is 2.80. The molecule has 8 heteroatoms. The van der Waals surface area contributed by atoms with Crippen molar-refractivity contribution in [1.82, 2.24) is 4.72 Å². The topological polar surface area (TPSA) is 98.8 Å². The van der Waals surface area contributed by atoms with Gasteiger partial charge >= 0.3 is 11.9 Å². The molecule has 1 unspecified atom stereocenters. The molecule has 1 atom stereocenters. The maximum absolute atomic E-state index is 12.5. The van der Waals surface area contributed by atoms with Gasteiger partial charge in [-0.3, -0.25) is 0 Å². The Bertz CT molecular complexity index is 763. The van der Waals surface area contributed by atoms with Crippen LogP contribution in [0.3, 0.4) is 0 Å². The van der Waals surface area contributed by atoms with Crippen molar-refractivity contribution in [2.75, 3.05) is 6.61 Å². The Balaban J connectivity index is 2.83. The first kappa shape index (κ1) is 22.9. The van der Waals surface area contributed by atoms with Crippen LogP contribution in [0, 0.1) is 0 Å². The number of carbonyl (C=O) groups excluding carboxylic acids is 2. The Morgan fingerprint density at radius 2 is 1.63 bits per heavy atom. The molecule has 1 rings (SSSR count). The highest BCUT2D eigenvalue weighted by Crippen LogP contribution is 2.20. The van der Waals surface area contributed by atoms with Gasteiger partial charge in [-0.25, -0.2) is 22.7 Å². The van der Waals surface area contributed by atoms with Crippen molar-refractivity contribution in [3.8, 4) is 0 Å². The van der Waals surface area contributed by atoms with Gasteiger partial charge in [0.1, 0.15) is 6.61 Å². The molecule has 0 fully saturated rings. The van der Waals surface area contributed by atoms with Crippen LogP contribution in [-0.2, 0) is 29.1 Å². The first-order valence-corrected chi connectivity index (χ1v) is 10.0. The molecule has 0 aliphatic heterocycles. The number of ether oxygens (including phenoxy) is 2. The summed E-state index contributed by atoms with van der Waals surface area (Å²) < 4.78 is 36.5. The Kier molecular flexibility index (Phi) is 8.18. The van der Waals surface area contributed by atoms with E-state index >= 15 is 0 Å². The minimum atomic E-state index is -3.67. The lowest BCUT2D eigenvalue weighted by molar-refractivity contribution is -0.143. The van der Waals surface area contributed by atoms with Crippen molar-refractivity contribution in [3.63, 3.8) is 0 Å². The van der Waals surface area contributed by atoms with Crippen molar-refractivity contribution in [1.29, 1.82) is 0 Å². The molecule has 1 aromatic carbocycles. The molecule has 0 bridgehead atoms. The first-order valence-electron chi connectivity index (χ1n) is 8.54. The van der Waals surface area contributed by atoms with Crippen LogP contribution in [0.25, 0.3) is 0 Å². The summed E-state index contributed by atoms with van der Waals surface area (Å²) in [4.78, 5) is 23.2. The lowest BCUT2D eigenvalue weighted by atomic mass is 10.1.